The van der Waals surface area contributed by atoms with Gasteiger partial charge in [0, 0.05) is 12.6 Å². The third-order valence-corrected chi connectivity index (χ3v) is 6.28. The Kier molecular flexibility index (Phi) is 5.96. The topological polar surface area (TPSA) is 63.9 Å². The third-order valence-electron chi connectivity index (χ3n) is 5.26. The quantitative estimate of drug-likeness (QED) is 0.750. The largest absolute Gasteiger partial charge is 0.339 e. The van der Waals surface area contributed by atoms with Crippen LogP contribution >= 0.6 is 11.8 Å². The van der Waals surface area contributed by atoms with Gasteiger partial charge in [0.05, 0.1) is 10.9 Å². The van der Waals surface area contributed by atoms with Crippen molar-refractivity contribution >= 4 is 17.7 Å². The van der Waals surface area contributed by atoms with Crippen molar-refractivity contribution in [1.82, 2.24) is 25.1 Å². The van der Waals surface area contributed by atoms with Crippen LogP contribution in [0.3, 0.4) is 0 Å². The number of carbonyl (C=O) groups is 1. The van der Waals surface area contributed by atoms with E-state index < -0.39 is 0 Å². The second-order valence-electron chi connectivity index (χ2n) is 6.94. The van der Waals surface area contributed by atoms with Crippen molar-refractivity contribution in [3.63, 3.8) is 0 Å². The summed E-state index contributed by atoms with van der Waals surface area (Å²) in [6.07, 6.45) is 4.44. The van der Waals surface area contributed by atoms with Crippen molar-refractivity contribution in [2.24, 2.45) is 0 Å². The molecule has 0 unspecified atom stereocenters. The average Bonchev–Trinajstić information content (AvgIpc) is 3.11. The maximum atomic E-state index is 13.0. The number of carbonyl (C=O) groups excluding carboxylic acids is 1. The smallest absolute Gasteiger partial charge is 0.236 e. The Morgan fingerprint density at radius 3 is 2.92 bits per heavy atom. The van der Waals surface area contributed by atoms with Gasteiger partial charge in [-0.1, -0.05) is 30.8 Å². The lowest BCUT2D eigenvalue weighted by molar-refractivity contribution is -0.134. The number of aromatic nitrogens is 4. The second-order valence-corrected chi connectivity index (χ2v) is 8.25. The molecule has 1 aromatic carbocycles. The van der Waals surface area contributed by atoms with E-state index in [0.29, 0.717) is 11.2 Å². The van der Waals surface area contributed by atoms with Crippen molar-refractivity contribution < 1.29 is 4.79 Å². The van der Waals surface area contributed by atoms with Crippen molar-refractivity contribution in [3.8, 4) is 5.69 Å². The fourth-order valence-electron chi connectivity index (χ4n) is 3.53. The number of tetrazole rings is 1. The van der Waals surface area contributed by atoms with E-state index in [4.69, 9.17) is 0 Å². The molecule has 0 saturated carbocycles. The first-order valence-corrected chi connectivity index (χ1v) is 10.2. The minimum atomic E-state index is -0.211. The van der Waals surface area contributed by atoms with Gasteiger partial charge in [0.1, 0.15) is 0 Å². The first-order chi connectivity index (χ1) is 12.5. The molecule has 140 valence electrons. The fourth-order valence-corrected chi connectivity index (χ4v) is 4.40. The first kappa shape index (κ1) is 18.9. The number of likely N-dealkylation sites (tertiary alicyclic amines) is 1. The summed E-state index contributed by atoms with van der Waals surface area (Å²) < 4.78 is 1.74. The zero-order valence-electron chi connectivity index (χ0n) is 16.0. The predicted octanol–water partition coefficient (Wildman–Crippen LogP) is 3.55. The molecule has 1 aliphatic heterocycles. The Hall–Kier alpha value is -1.89. The number of thioether (sulfide) groups is 1. The van der Waals surface area contributed by atoms with E-state index in [1.165, 1.54) is 23.7 Å². The SMILES string of the molecule is CC[C@H]1CCCCN1C(=O)[C@@H](C)Sc1nnnn1-c1cccc(C)c1C. The maximum absolute atomic E-state index is 13.0. The van der Waals surface area contributed by atoms with Crippen LogP contribution in [0.5, 0.6) is 0 Å². The summed E-state index contributed by atoms with van der Waals surface area (Å²) in [5, 5.41) is 12.6. The summed E-state index contributed by atoms with van der Waals surface area (Å²) >= 11 is 1.44. The summed E-state index contributed by atoms with van der Waals surface area (Å²) in [5.74, 6) is 0.192. The number of amides is 1. The van der Waals surface area contributed by atoms with Gasteiger partial charge in [-0.3, -0.25) is 4.79 Å². The summed E-state index contributed by atoms with van der Waals surface area (Å²) in [6, 6.07) is 6.45. The van der Waals surface area contributed by atoms with Crippen LogP contribution in [0.1, 0.15) is 50.7 Å². The van der Waals surface area contributed by atoms with Crippen molar-refractivity contribution in [2.75, 3.05) is 6.54 Å². The number of benzene rings is 1. The number of aryl methyl sites for hydroxylation is 1. The van der Waals surface area contributed by atoms with Crippen LogP contribution in [-0.2, 0) is 4.79 Å². The highest BCUT2D eigenvalue weighted by Gasteiger charge is 2.30. The summed E-state index contributed by atoms with van der Waals surface area (Å²) in [7, 11) is 0. The molecule has 2 heterocycles. The predicted molar refractivity (Wildman–Crippen MR) is 104 cm³/mol. The standard InChI is InChI=1S/C19H27N5OS/c1-5-16-10-6-7-12-23(16)18(25)15(4)26-19-20-21-22-24(19)17-11-8-9-13(2)14(17)3/h8-9,11,15-16H,5-7,10,12H2,1-4H3/t15-,16+/m1/s1. The zero-order chi connectivity index (χ0) is 18.7. The van der Waals surface area contributed by atoms with Gasteiger partial charge < -0.3 is 4.90 Å². The van der Waals surface area contributed by atoms with Gasteiger partial charge in [-0.15, -0.1) is 5.10 Å². The van der Waals surface area contributed by atoms with Crippen LogP contribution in [0.15, 0.2) is 23.4 Å². The van der Waals surface area contributed by atoms with Gasteiger partial charge in [0.25, 0.3) is 0 Å². The van der Waals surface area contributed by atoms with Crippen molar-refractivity contribution in [2.45, 2.75) is 69.8 Å². The molecule has 1 amide bonds. The van der Waals surface area contributed by atoms with Crippen LogP contribution < -0.4 is 0 Å². The molecule has 0 N–H and O–H groups in total. The molecule has 0 radical (unpaired) electrons. The van der Waals surface area contributed by atoms with E-state index in [-0.39, 0.29) is 11.2 Å². The molecule has 1 saturated heterocycles. The maximum Gasteiger partial charge on any atom is 0.236 e. The molecular weight excluding hydrogens is 346 g/mol. The van der Waals surface area contributed by atoms with E-state index in [1.54, 1.807) is 4.68 Å². The molecule has 7 heteroatoms. The average molecular weight is 374 g/mol. The number of nitrogens with zero attached hydrogens (tertiary/aromatic N) is 5. The number of rotatable bonds is 5. The molecule has 1 aliphatic rings. The molecule has 2 atom stereocenters. The normalized spacial score (nSPS) is 18.8. The molecule has 2 aromatic rings. The van der Waals surface area contributed by atoms with Gasteiger partial charge in [0.2, 0.25) is 11.1 Å². The van der Waals surface area contributed by atoms with Gasteiger partial charge in [-0.2, -0.15) is 4.68 Å². The highest BCUT2D eigenvalue weighted by molar-refractivity contribution is 8.00. The molecule has 26 heavy (non-hydrogen) atoms. The Morgan fingerprint density at radius 1 is 1.35 bits per heavy atom. The number of piperidine rings is 1. The summed E-state index contributed by atoms with van der Waals surface area (Å²) in [6.45, 7) is 9.12. The van der Waals surface area contributed by atoms with Gasteiger partial charge in [0.15, 0.2) is 0 Å². The van der Waals surface area contributed by atoms with Crippen LogP contribution in [0.2, 0.25) is 0 Å². The van der Waals surface area contributed by atoms with Gasteiger partial charge >= 0.3 is 0 Å². The van der Waals surface area contributed by atoms with E-state index in [0.717, 1.165) is 37.1 Å². The molecule has 0 aliphatic carbocycles. The lowest BCUT2D eigenvalue weighted by atomic mass is 10.00. The molecule has 1 fully saturated rings. The highest BCUT2D eigenvalue weighted by atomic mass is 32.2. The minimum Gasteiger partial charge on any atom is -0.339 e. The lowest BCUT2D eigenvalue weighted by Gasteiger charge is -2.36. The molecule has 3 rings (SSSR count). The Labute approximate surface area is 159 Å². The summed E-state index contributed by atoms with van der Waals surface area (Å²) in [4.78, 5) is 15.1. The van der Waals surface area contributed by atoms with E-state index >= 15 is 0 Å². The van der Waals surface area contributed by atoms with E-state index in [2.05, 4.69) is 47.3 Å². The van der Waals surface area contributed by atoms with Crippen LogP contribution in [0.4, 0.5) is 0 Å². The molecule has 0 bridgehead atoms. The van der Waals surface area contributed by atoms with Crippen LogP contribution in [-0.4, -0.2) is 48.9 Å². The Morgan fingerprint density at radius 2 is 2.15 bits per heavy atom. The summed E-state index contributed by atoms with van der Waals surface area (Å²) in [5.41, 5.74) is 3.29. The number of hydrogen-bond donors (Lipinski definition) is 0. The van der Waals surface area contributed by atoms with Gasteiger partial charge in [-0.05, 0) is 74.1 Å². The van der Waals surface area contributed by atoms with E-state index in [9.17, 15) is 4.79 Å². The van der Waals surface area contributed by atoms with Crippen LogP contribution in [0, 0.1) is 13.8 Å². The fraction of sp³-hybridized carbons (Fsp3) is 0.579. The van der Waals surface area contributed by atoms with Crippen molar-refractivity contribution in [3.05, 3.63) is 29.3 Å². The molecule has 0 spiro atoms. The van der Waals surface area contributed by atoms with Crippen molar-refractivity contribution in [1.29, 1.82) is 0 Å². The molecule has 6 nitrogen and oxygen atoms in total. The molecular formula is C19H27N5OS. The second kappa shape index (κ2) is 8.20. The Balaban J connectivity index is 1.78. The van der Waals surface area contributed by atoms with Gasteiger partial charge in [-0.25, -0.2) is 0 Å². The zero-order valence-corrected chi connectivity index (χ0v) is 16.8. The minimum absolute atomic E-state index is 0.192. The Bertz CT molecular complexity index is 775. The van der Waals surface area contributed by atoms with Crippen LogP contribution in [0.25, 0.3) is 5.69 Å². The van der Waals surface area contributed by atoms with E-state index in [1.807, 2.05) is 19.1 Å². The first-order valence-electron chi connectivity index (χ1n) is 9.35. The monoisotopic (exact) mass is 373 g/mol. The molecule has 1 aromatic heterocycles. The third kappa shape index (κ3) is 3.77. The lowest BCUT2D eigenvalue weighted by Crippen LogP contribution is -2.46. The highest BCUT2D eigenvalue weighted by Crippen LogP contribution is 2.28. The number of hydrogen-bond acceptors (Lipinski definition) is 5.